The van der Waals surface area contributed by atoms with Gasteiger partial charge in [-0.1, -0.05) is 0 Å². The van der Waals surface area contributed by atoms with Gasteiger partial charge in [0.1, 0.15) is 11.6 Å². The molecule has 3 atom stereocenters. The number of nitrogens with zero attached hydrogens (tertiary/aromatic N) is 2. The van der Waals surface area contributed by atoms with Crippen molar-refractivity contribution in [2.45, 2.75) is 44.4 Å². The van der Waals surface area contributed by atoms with Crippen LogP contribution in [0.3, 0.4) is 0 Å². The van der Waals surface area contributed by atoms with Gasteiger partial charge in [0.2, 0.25) is 5.88 Å². The van der Waals surface area contributed by atoms with Gasteiger partial charge in [0, 0.05) is 6.07 Å². The summed E-state index contributed by atoms with van der Waals surface area (Å²) < 4.78 is 10.9. The maximum absolute atomic E-state index is 5.81. The maximum atomic E-state index is 5.81. The van der Waals surface area contributed by atoms with Gasteiger partial charge in [-0.25, -0.2) is 4.98 Å². The summed E-state index contributed by atoms with van der Waals surface area (Å²) in [6.07, 6.45) is 4.23. The molecule has 3 rings (SSSR count). The lowest BCUT2D eigenvalue weighted by Crippen LogP contribution is -2.30. The lowest BCUT2D eigenvalue weighted by atomic mass is 9.95. The Morgan fingerprint density at radius 3 is 2.94 bits per heavy atom. The van der Waals surface area contributed by atoms with Crippen LogP contribution in [0.25, 0.3) is 0 Å². The van der Waals surface area contributed by atoms with Gasteiger partial charge in [0.25, 0.3) is 0 Å². The Morgan fingerprint density at radius 2 is 2.29 bits per heavy atom. The fourth-order valence-corrected chi connectivity index (χ4v) is 2.70. The molecule has 2 fully saturated rings. The van der Waals surface area contributed by atoms with Crippen LogP contribution in [0.4, 0.5) is 5.82 Å². The maximum Gasteiger partial charge on any atom is 0.218 e. The van der Waals surface area contributed by atoms with Crippen LogP contribution in [0, 0.1) is 6.92 Å². The van der Waals surface area contributed by atoms with Crippen LogP contribution in [-0.2, 0) is 4.74 Å². The highest BCUT2D eigenvalue weighted by atomic mass is 16.5. The second-order valence-corrected chi connectivity index (χ2v) is 4.70. The molecule has 1 N–H and O–H groups in total. The molecule has 0 aromatic carbocycles. The number of rotatable bonds is 3. The SMILES string of the molecule is COc1cc(NC2CC3CCC2O3)nc(C)n1. The van der Waals surface area contributed by atoms with Crippen LogP contribution in [-0.4, -0.2) is 35.3 Å². The molecule has 3 unspecified atom stereocenters. The summed E-state index contributed by atoms with van der Waals surface area (Å²) in [5.41, 5.74) is 0. The predicted molar refractivity (Wildman–Crippen MR) is 63.2 cm³/mol. The van der Waals surface area contributed by atoms with Crippen molar-refractivity contribution in [3.63, 3.8) is 0 Å². The third-order valence-corrected chi connectivity index (χ3v) is 3.46. The molecule has 1 aromatic rings. The number of hydrogen-bond acceptors (Lipinski definition) is 5. The molecule has 5 heteroatoms. The Balaban J connectivity index is 1.74. The molecule has 0 amide bonds. The third kappa shape index (κ3) is 2.07. The van der Waals surface area contributed by atoms with Crippen molar-refractivity contribution in [1.82, 2.24) is 9.97 Å². The molecule has 0 spiro atoms. The molecule has 17 heavy (non-hydrogen) atoms. The Hall–Kier alpha value is -1.36. The van der Waals surface area contributed by atoms with E-state index in [0.29, 0.717) is 24.1 Å². The molecule has 2 aliphatic rings. The quantitative estimate of drug-likeness (QED) is 0.861. The molecule has 0 saturated carbocycles. The monoisotopic (exact) mass is 235 g/mol. The number of aryl methyl sites for hydroxylation is 1. The summed E-state index contributed by atoms with van der Waals surface area (Å²) in [5.74, 6) is 2.15. The van der Waals surface area contributed by atoms with E-state index in [2.05, 4.69) is 15.3 Å². The summed E-state index contributed by atoms with van der Waals surface area (Å²) in [6, 6.07) is 2.21. The van der Waals surface area contributed by atoms with Gasteiger partial charge in [-0.3, -0.25) is 0 Å². The number of methoxy groups -OCH3 is 1. The number of anilines is 1. The standard InChI is InChI=1S/C12H17N3O2/c1-7-13-11(6-12(14-7)16-2)15-9-5-8-3-4-10(9)17-8/h6,8-10H,3-5H2,1-2H3,(H,13,14,15). The van der Waals surface area contributed by atoms with E-state index in [1.54, 1.807) is 7.11 Å². The summed E-state index contributed by atoms with van der Waals surface area (Å²) in [7, 11) is 1.62. The summed E-state index contributed by atoms with van der Waals surface area (Å²) >= 11 is 0. The molecule has 3 heterocycles. The zero-order valence-electron chi connectivity index (χ0n) is 10.1. The topological polar surface area (TPSA) is 56.3 Å². The molecular weight excluding hydrogens is 218 g/mol. The Kier molecular flexibility index (Phi) is 2.63. The minimum absolute atomic E-state index is 0.348. The van der Waals surface area contributed by atoms with E-state index in [1.165, 1.54) is 6.42 Å². The van der Waals surface area contributed by atoms with Crippen molar-refractivity contribution in [2.75, 3.05) is 12.4 Å². The molecule has 2 saturated heterocycles. The Labute approximate surface area is 101 Å². The smallest absolute Gasteiger partial charge is 0.218 e. The Bertz CT molecular complexity index is 424. The first-order chi connectivity index (χ1) is 8.24. The average molecular weight is 235 g/mol. The first-order valence-electron chi connectivity index (χ1n) is 6.06. The van der Waals surface area contributed by atoms with Crippen LogP contribution in [0.15, 0.2) is 6.07 Å². The van der Waals surface area contributed by atoms with Crippen molar-refractivity contribution in [3.05, 3.63) is 11.9 Å². The highest BCUT2D eigenvalue weighted by molar-refractivity contribution is 5.40. The third-order valence-electron chi connectivity index (χ3n) is 3.46. The first kappa shape index (κ1) is 10.8. The summed E-state index contributed by atoms with van der Waals surface area (Å²) in [4.78, 5) is 8.54. The van der Waals surface area contributed by atoms with E-state index in [0.717, 1.165) is 24.5 Å². The van der Waals surface area contributed by atoms with Gasteiger partial charge in [-0.15, -0.1) is 0 Å². The minimum Gasteiger partial charge on any atom is -0.481 e. The van der Waals surface area contributed by atoms with Gasteiger partial charge in [-0.05, 0) is 26.2 Å². The van der Waals surface area contributed by atoms with Crippen molar-refractivity contribution in [1.29, 1.82) is 0 Å². The average Bonchev–Trinajstić information content (AvgIpc) is 2.90. The Morgan fingerprint density at radius 1 is 1.41 bits per heavy atom. The van der Waals surface area contributed by atoms with Gasteiger partial charge >= 0.3 is 0 Å². The largest absolute Gasteiger partial charge is 0.481 e. The van der Waals surface area contributed by atoms with E-state index in [-0.39, 0.29) is 0 Å². The summed E-state index contributed by atoms with van der Waals surface area (Å²) in [6.45, 7) is 1.87. The van der Waals surface area contributed by atoms with E-state index in [4.69, 9.17) is 9.47 Å². The number of fused-ring (bicyclic) bond motifs is 2. The molecule has 0 aliphatic carbocycles. The van der Waals surface area contributed by atoms with Crippen LogP contribution in [0.5, 0.6) is 5.88 Å². The zero-order valence-corrected chi connectivity index (χ0v) is 10.1. The van der Waals surface area contributed by atoms with Gasteiger partial charge in [-0.2, -0.15) is 4.98 Å². The minimum atomic E-state index is 0.348. The lowest BCUT2D eigenvalue weighted by molar-refractivity contribution is 0.102. The second kappa shape index (κ2) is 4.14. The second-order valence-electron chi connectivity index (χ2n) is 4.70. The normalized spacial score (nSPS) is 30.6. The molecule has 92 valence electrons. The van der Waals surface area contributed by atoms with Gasteiger partial charge in [0.05, 0.1) is 25.4 Å². The van der Waals surface area contributed by atoms with E-state index in [9.17, 15) is 0 Å². The van der Waals surface area contributed by atoms with Gasteiger partial charge < -0.3 is 14.8 Å². The molecule has 5 nitrogen and oxygen atoms in total. The molecular formula is C12H17N3O2. The van der Waals surface area contributed by atoms with E-state index >= 15 is 0 Å². The number of aromatic nitrogens is 2. The number of nitrogens with one attached hydrogen (secondary N) is 1. The van der Waals surface area contributed by atoms with Crippen molar-refractivity contribution in [2.24, 2.45) is 0 Å². The van der Waals surface area contributed by atoms with Crippen molar-refractivity contribution < 1.29 is 9.47 Å². The fraction of sp³-hybridized carbons (Fsp3) is 0.667. The zero-order chi connectivity index (χ0) is 11.8. The molecule has 0 radical (unpaired) electrons. The highest BCUT2D eigenvalue weighted by Crippen LogP contribution is 2.35. The van der Waals surface area contributed by atoms with Crippen LogP contribution in [0.2, 0.25) is 0 Å². The fourth-order valence-electron chi connectivity index (χ4n) is 2.70. The predicted octanol–water partition coefficient (Wildman–Crippen LogP) is 1.53. The highest BCUT2D eigenvalue weighted by Gasteiger charge is 2.40. The van der Waals surface area contributed by atoms with Crippen LogP contribution in [0.1, 0.15) is 25.1 Å². The lowest BCUT2D eigenvalue weighted by Gasteiger charge is -2.20. The van der Waals surface area contributed by atoms with Crippen LogP contribution >= 0.6 is 0 Å². The van der Waals surface area contributed by atoms with E-state index in [1.807, 2.05) is 13.0 Å². The van der Waals surface area contributed by atoms with E-state index < -0.39 is 0 Å². The number of ether oxygens (including phenoxy) is 2. The van der Waals surface area contributed by atoms with Crippen molar-refractivity contribution >= 4 is 5.82 Å². The summed E-state index contributed by atoms with van der Waals surface area (Å²) in [5, 5.41) is 3.43. The first-order valence-corrected chi connectivity index (χ1v) is 6.06. The van der Waals surface area contributed by atoms with Crippen molar-refractivity contribution in [3.8, 4) is 5.88 Å². The molecule has 1 aromatic heterocycles. The number of hydrogen-bond donors (Lipinski definition) is 1. The van der Waals surface area contributed by atoms with Crippen LogP contribution < -0.4 is 10.1 Å². The molecule has 2 aliphatic heterocycles. The molecule has 2 bridgehead atoms. The van der Waals surface area contributed by atoms with Gasteiger partial charge in [0.15, 0.2) is 0 Å².